The average molecular weight is 604 g/mol. The van der Waals surface area contributed by atoms with Gasteiger partial charge >= 0.3 is 24.5 Å². The molecule has 1 aliphatic heterocycles. The van der Waals surface area contributed by atoms with Gasteiger partial charge in [-0.2, -0.15) is 33.0 Å². The van der Waals surface area contributed by atoms with Gasteiger partial charge in [-0.15, -0.1) is 5.10 Å². The molecule has 11 nitrogen and oxygen atoms in total. The molecule has 0 bridgehead atoms. The number of imide groups is 1. The zero-order valence-electron chi connectivity index (χ0n) is 24.3. The van der Waals surface area contributed by atoms with Crippen molar-refractivity contribution < 1.29 is 41.8 Å². The summed E-state index contributed by atoms with van der Waals surface area (Å²) in [5.74, 6) is -0.542. The van der Waals surface area contributed by atoms with Crippen molar-refractivity contribution >= 4 is 46.6 Å². The fourth-order valence-electron chi connectivity index (χ4n) is 3.88. The number of benzene rings is 1. The third kappa shape index (κ3) is 6.91. The van der Waals surface area contributed by atoms with Crippen molar-refractivity contribution in [3.63, 3.8) is 0 Å². The third-order valence-electron chi connectivity index (χ3n) is 5.41. The predicted molar refractivity (Wildman–Crippen MR) is 143 cm³/mol. The Balaban J connectivity index is 2.40. The third-order valence-corrected chi connectivity index (χ3v) is 5.72. The van der Waals surface area contributed by atoms with Crippen molar-refractivity contribution in [3.05, 3.63) is 22.7 Å². The van der Waals surface area contributed by atoms with Crippen LogP contribution in [-0.4, -0.2) is 57.6 Å². The number of aromatic nitrogens is 2. The smallest absolute Gasteiger partial charge is 0.435 e. The topological polar surface area (TPSA) is 125 Å². The number of carbonyl (C=O) groups excluding carboxylic acids is 3. The maximum Gasteiger partial charge on any atom is 0.435 e. The predicted octanol–water partition coefficient (Wildman–Crippen LogP) is 7.76. The standard InChI is InChI=1S/C26H33ClF3N5O6/c1-22(2,3)39-19(36)34(20(37)40-23(4,5)6)18-14-12-15(25(26(28,29)30)10-11-31-33-25)16(27)13-17(14)35(32-18)21(38)41-24(7,8)9/h12-13H,10-11H2,1-9H3. The highest BCUT2D eigenvalue weighted by molar-refractivity contribution is 6.32. The first-order valence-corrected chi connectivity index (χ1v) is 13.0. The van der Waals surface area contributed by atoms with Crippen molar-refractivity contribution in [2.75, 3.05) is 11.4 Å². The SMILES string of the molecule is CC(C)(C)OC(=O)N(C(=O)OC(C)(C)C)c1nn(C(=O)OC(C)(C)C)c2cc(Cl)c(C3(C(F)(F)F)CCN=N3)cc12. The van der Waals surface area contributed by atoms with Crippen LogP contribution in [0.25, 0.3) is 10.9 Å². The van der Waals surface area contributed by atoms with Crippen LogP contribution < -0.4 is 4.90 Å². The molecule has 0 spiro atoms. The number of carbonyl (C=O) groups is 3. The number of halogens is 4. The van der Waals surface area contributed by atoms with Crippen molar-refractivity contribution in [1.82, 2.24) is 9.78 Å². The lowest BCUT2D eigenvalue weighted by Crippen LogP contribution is -2.44. The van der Waals surface area contributed by atoms with Gasteiger partial charge < -0.3 is 14.2 Å². The van der Waals surface area contributed by atoms with Crippen LogP contribution in [-0.2, 0) is 19.7 Å². The minimum atomic E-state index is -4.90. The van der Waals surface area contributed by atoms with Crippen molar-refractivity contribution in [3.8, 4) is 0 Å². The number of rotatable bonds is 2. The summed E-state index contributed by atoms with van der Waals surface area (Å²) in [6.07, 6.45) is -8.96. The number of fused-ring (bicyclic) bond motifs is 1. The molecular weight excluding hydrogens is 571 g/mol. The van der Waals surface area contributed by atoms with Crippen molar-refractivity contribution in [2.45, 2.75) is 97.3 Å². The minimum absolute atomic E-state index is 0.146. The quantitative estimate of drug-likeness (QED) is 0.321. The van der Waals surface area contributed by atoms with Crippen LogP contribution in [0.3, 0.4) is 0 Å². The van der Waals surface area contributed by atoms with Crippen LogP contribution >= 0.6 is 11.6 Å². The number of hydrogen-bond donors (Lipinski definition) is 0. The Labute approximate surface area is 239 Å². The number of ether oxygens (including phenoxy) is 3. The zero-order chi connectivity index (χ0) is 31.3. The molecule has 1 atom stereocenters. The Morgan fingerprint density at radius 1 is 0.902 bits per heavy atom. The molecular formula is C26H33ClF3N5O6. The highest BCUT2D eigenvalue weighted by Gasteiger charge is 2.59. The van der Waals surface area contributed by atoms with E-state index in [1.165, 1.54) is 0 Å². The van der Waals surface area contributed by atoms with Gasteiger partial charge in [0.25, 0.3) is 0 Å². The number of azo groups is 1. The molecule has 2 amide bonds. The lowest BCUT2D eigenvalue weighted by Gasteiger charge is -2.29. The van der Waals surface area contributed by atoms with E-state index >= 15 is 0 Å². The van der Waals surface area contributed by atoms with E-state index in [2.05, 4.69) is 15.3 Å². The maximum absolute atomic E-state index is 14.4. The molecule has 226 valence electrons. The molecule has 0 saturated heterocycles. The number of alkyl halides is 3. The van der Waals surface area contributed by atoms with Crippen LogP contribution in [0.4, 0.5) is 33.4 Å². The van der Waals surface area contributed by atoms with E-state index in [-0.39, 0.29) is 17.4 Å². The van der Waals surface area contributed by atoms with Crippen LogP contribution in [0.5, 0.6) is 0 Å². The summed E-state index contributed by atoms with van der Waals surface area (Å²) in [4.78, 5) is 40.3. The molecule has 15 heteroatoms. The molecule has 0 aliphatic carbocycles. The van der Waals surface area contributed by atoms with E-state index in [0.29, 0.717) is 9.58 Å². The lowest BCUT2D eigenvalue weighted by atomic mass is 9.86. The first-order valence-electron chi connectivity index (χ1n) is 12.6. The molecule has 2 heterocycles. The van der Waals surface area contributed by atoms with Crippen LogP contribution in [0.2, 0.25) is 5.02 Å². The first-order chi connectivity index (χ1) is 18.5. The van der Waals surface area contributed by atoms with Gasteiger partial charge in [-0.3, -0.25) is 0 Å². The van der Waals surface area contributed by atoms with E-state index < -0.39 is 69.6 Å². The van der Waals surface area contributed by atoms with Crippen molar-refractivity contribution in [1.29, 1.82) is 0 Å². The summed E-state index contributed by atoms with van der Waals surface area (Å²) in [7, 11) is 0. The number of nitrogens with zero attached hydrogens (tertiary/aromatic N) is 5. The van der Waals surface area contributed by atoms with E-state index in [9.17, 15) is 27.6 Å². The van der Waals surface area contributed by atoms with E-state index in [1.807, 2.05) is 0 Å². The Kier molecular flexibility index (Phi) is 8.18. The van der Waals surface area contributed by atoms with E-state index in [1.54, 1.807) is 62.3 Å². The Morgan fingerprint density at radius 3 is 1.83 bits per heavy atom. The summed E-state index contributed by atoms with van der Waals surface area (Å²) >= 11 is 6.39. The number of anilines is 1. The maximum atomic E-state index is 14.4. The van der Waals surface area contributed by atoms with Gasteiger partial charge in [0.1, 0.15) is 16.8 Å². The highest BCUT2D eigenvalue weighted by atomic mass is 35.5. The van der Waals surface area contributed by atoms with Crippen LogP contribution in [0.1, 0.15) is 74.3 Å². The molecule has 1 aromatic carbocycles. The first kappa shape index (κ1) is 32.1. The van der Waals surface area contributed by atoms with Gasteiger partial charge in [0, 0.05) is 22.4 Å². The summed E-state index contributed by atoms with van der Waals surface area (Å²) < 4.78 is 60.2. The van der Waals surface area contributed by atoms with Gasteiger partial charge in [0.2, 0.25) is 5.54 Å². The number of hydrogen-bond acceptors (Lipinski definition) is 9. The monoisotopic (exact) mass is 603 g/mol. The second kappa shape index (κ2) is 10.4. The summed E-state index contributed by atoms with van der Waals surface area (Å²) in [5.41, 5.74) is -6.64. The summed E-state index contributed by atoms with van der Waals surface area (Å²) in [6, 6.07) is 2.05. The normalized spacial score (nSPS) is 18.0. The zero-order valence-corrected chi connectivity index (χ0v) is 25.0. The van der Waals surface area contributed by atoms with Gasteiger partial charge in [-0.1, -0.05) is 11.6 Å². The Bertz CT molecular complexity index is 1370. The summed E-state index contributed by atoms with van der Waals surface area (Å²) in [6.45, 7) is 13.9. The van der Waals surface area contributed by atoms with Gasteiger partial charge in [-0.25, -0.2) is 14.4 Å². The van der Waals surface area contributed by atoms with Crippen LogP contribution in [0, 0.1) is 0 Å². The Morgan fingerprint density at radius 2 is 1.41 bits per heavy atom. The fourth-order valence-corrected chi connectivity index (χ4v) is 4.20. The molecule has 0 saturated carbocycles. The molecule has 1 unspecified atom stereocenters. The molecule has 0 fully saturated rings. The van der Waals surface area contributed by atoms with Crippen molar-refractivity contribution in [2.24, 2.45) is 10.2 Å². The highest BCUT2D eigenvalue weighted by Crippen LogP contribution is 2.51. The Hall–Kier alpha value is -3.42. The summed E-state index contributed by atoms with van der Waals surface area (Å²) in [5, 5.41) is 10.6. The molecule has 2 aromatic rings. The van der Waals surface area contributed by atoms with Gasteiger partial charge in [0.05, 0.1) is 12.1 Å². The van der Waals surface area contributed by atoms with E-state index in [0.717, 1.165) is 12.1 Å². The van der Waals surface area contributed by atoms with Gasteiger partial charge in [0.15, 0.2) is 5.82 Å². The lowest BCUT2D eigenvalue weighted by molar-refractivity contribution is -0.187. The molecule has 41 heavy (non-hydrogen) atoms. The second-order valence-electron chi connectivity index (χ2n) is 12.4. The molecule has 0 radical (unpaired) electrons. The molecule has 0 N–H and O–H groups in total. The average Bonchev–Trinajstić information content (AvgIpc) is 3.35. The molecule has 1 aliphatic rings. The van der Waals surface area contributed by atoms with E-state index in [4.69, 9.17) is 25.8 Å². The molecule has 1 aromatic heterocycles. The van der Waals surface area contributed by atoms with Gasteiger partial charge in [-0.05, 0) is 74.4 Å². The fraction of sp³-hybridized carbons (Fsp3) is 0.615. The molecule has 3 rings (SSSR count). The number of amides is 2. The largest absolute Gasteiger partial charge is 0.443 e. The minimum Gasteiger partial charge on any atom is -0.443 e. The van der Waals surface area contributed by atoms with Crippen LogP contribution in [0.15, 0.2) is 22.4 Å². The second-order valence-corrected chi connectivity index (χ2v) is 12.8.